The first kappa shape index (κ1) is 10.5. The van der Waals surface area contributed by atoms with Gasteiger partial charge in [0.2, 0.25) is 0 Å². The summed E-state index contributed by atoms with van der Waals surface area (Å²) in [5.74, 6) is 0.410. The van der Waals surface area contributed by atoms with Crippen molar-refractivity contribution >= 4 is 0 Å². The van der Waals surface area contributed by atoms with Gasteiger partial charge in [0.1, 0.15) is 0 Å². The highest BCUT2D eigenvalue weighted by atomic mass is 16.3. The fourth-order valence-corrected chi connectivity index (χ4v) is 2.03. The Morgan fingerprint density at radius 1 is 1.69 bits per heavy atom. The number of aliphatic hydroxyl groups excluding tert-OH is 1. The number of hydrogen-bond acceptors (Lipinski definition) is 1. The summed E-state index contributed by atoms with van der Waals surface area (Å²) in [5, 5.41) is 9.48. The highest BCUT2D eigenvalue weighted by Gasteiger charge is 2.37. The Kier molecular flexibility index (Phi) is 2.67. The summed E-state index contributed by atoms with van der Waals surface area (Å²) in [7, 11) is 0. The van der Waals surface area contributed by atoms with Gasteiger partial charge in [-0.15, -0.1) is 0 Å². The highest BCUT2D eigenvalue weighted by molar-refractivity contribution is 5.26. The predicted octanol–water partition coefficient (Wildman–Crippen LogP) is 2.92. The third kappa shape index (κ3) is 1.71. The molecule has 0 aliphatic heterocycles. The number of hydrogen-bond donors (Lipinski definition) is 1. The van der Waals surface area contributed by atoms with Gasteiger partial charge < -0.3 is 5.11 Å². The van der Waals surface area contributed by atoms with E-state index in [9.17, 15) is 5.11 Å². The minimum Gasteiger partial charge on any atom is -0.389 e. The maximum Gasteiger partial charge on any atom is 0.0722 e. The zero-order valence-electron chi connectivity index (χ0n) is 9.09. The van der Waals surface area contributed by atoms with Crippen LogP contribution in [0.1, 0.15) is 34.1 Å². The minimum absolute atomic E-state index is 0.175. The normalized spacial score (nSPS) is 28.4. The summed E-state index contributed by atoms with van der Waals surface area (Å²) in [6, 6.07) is 0. The molecule has 1 rings (SSSR count). The summed E-state index contributed by atoms with van der Waals surface area (Å²) >= 11 is 0. The molecule has 1 aliphatic rings. The van der Waals surface area contributed by atoms with Crippen LogP contribution < -0.4 is 0 Å². The Balaban J connectivity index is 2.82. The van der Waals surface area contributed by atoms with E-state index in [0.29, 0.717) is 5.92 Å². The van der Waals surface area contributed by atoms with Crippen LogP contribution in [-0.2, 0) is 0 Å². The van der Waals surface area contributed by atoms with Gasteiger partial charge in [0, 0.05) is 0 Å². The Labute approximate surface area is 81.2 Å². The molecule has 1 aliphatic carbocycles. The summed E-state index contributed by atoms with van der Waals surface area (Å²) in [4.78, 5) is 0. The lowest BCUT2D eigenvalue weighted by Gasteiger charge is -2.32. The zero-order chi connectivity index (χ0) is 10.2. The van der Waals surface area contributed by atoms with Crippen LogP contribution in [0.2, 0.25) is 0 Å². The van der Waals surface area contributed by atoms with Gasteiger partial charge in [-0.1, -0.05) is 32.1 Å². The quantitative estimate of drug-likeness (QED) is 0.648. The second kappa shape index (κ2) is 3.30. The monoisotopic (exact) mass is 180 g/mol. The van der Waals surface area contributed by atoms with Gasteiger partial charge in [-0.3, -0.25) is 0 Å². The Morgan fingerprint density at radius 2 is 2.23 bits per heavy atom. The minimum atomic E-state index is -0.386. The van der Waals surface area contributed by atoms with Gasteiger partial charge in [0.25, 0.3) is 0 Å². The largest absolute Gasteiger partial charge is 0.389 e. The molecular weight excluding hydrogens is 160 g/mol. The lowest BCUT2D eigenvalue weighted by atomic mass is 9.73. The third-order valence-electron chi connectivity index (χ3n) is 3.53. The number of rotatable bonds is 2. The van der Waals surface area contributed by atoms with Crippen LogP contribution in [0.5, 0.6) is 0 Å². The van der Waals surface area contributed by atoms with Crippen LogP contribution in [0.25, 0.3) is 0 Å². The maximum atomic E-state index is 9.48. The molecule has 0 aromatic rings. The molecule has 74 valence electrons. The van der Waals surface area contributed by atoms with Gasteiger partial charge in [-0.2, -0.15) is 0 Å². The molecule has 0 spiro atoms. The van der Waals surface area contributed by atoms with Crippen molar-refractivity contribution in [2.45, 2.75) is 40.2 Å². The van der Waals surface area contributed by atoms with E-state index in [1.807, 2.05) is 0 Å². The second-order valence-electron chi connectivity index (χ2n) is 4.65. The van der Waals surface area contributed by atoms with E-state index >= 15 is 0 Å². The molecule has 2 atom stereocenters. The average Bonchev–Trinajstić information content (AvgIpc) is 2.26. The van der Waals surface area contributed by atoms with Gasteiger partial charge in [0.05, 0.1) is 6.10 Å². The molecule has 0 saturated carbocycles. The van der Waals surface area contributed by atoms with E-state index in [2.05, 4.69) is 33.4 Å². The second-order valence-corrected chi connectivity index (χ2v) is 4.65. The van der Waals surface area contributed by atoms with Crippen molar-refractivity contribution in [1.29, 1.82) is 0 Å². The fraction of sp³-hybridized carbons (Fsp3) is 0.667. The molecule has 0 fully saturated rings. The Hall–Kier alpha value is -0.560. The summed E-state index contributed by atoms with van der Waals surface area (Å²) < 4.78 is 0. The van der Waals surface area contributed by atoms with E-state index < -0.39 is 0 Å². The molecule has 1 heteroatoms. The first-order valence-corrected chi connectivity index (χ1v) is 4.91. The van der Waals surface area contributed by atoms with Crippen molar-refractivity contribution in [2.24, 2.45) is 11.3 Å². The average molecular weight is 180 g/mol. The van der Waals surface area contributed by atoms with Crippen LogP contribution >= 0.6 is 0 Å². The van der Waals surface area contributed by atoms with Crippen molar-refractivity contribution in [2.75, 3.05) is 0 Å². The van der Waals surface area contributed by atoms with Crippen LogP contribution in [0.15, 0.2) is 23.8 Å². The van der Waals surface area contributed by atoms with Gasteiger partial charge >= 0.3 is 0 Å². The lowest BCUT2D eigenvalue weighted by Crippen LogP contribution is -2.26. The molecule has 0 saturated heterocycles. The van der Waals surface area contributed by atoms with Crippen molar-refractivity contribution in [3.63, 3.8) is 0 Å². The van der Waals surface area contributed by atoms with Crippen molar-refractivity contribution in [1.82, 2.24) is 0 Å². The van der Waals surface area contributed by atoms with E-state index in [4.69, 9.17) is 0 Å². The standard InChI is InChI=1S/C12H20O/c1-8-6-7-11(12(8,4)5)9(2)10(3)13/h6,10-11,13H,2,7H2,1,3-5H3. The number of aliphatic hydroxyl groups is 1. The number of allylic oxidation sites excluding steroid dienone is 2. The first-order chi connectivity index (χ1) is 5.87. The molecule has 0 aromatic carbocycles. The van der Waals surface area contributed by atoms with E-state index in [-0.39, 0.29) is 11.5 Å². The predicted molar refractivity (Wildman–Crippen MR) is 56.5 cm³/mol. The van der Waals surface area contributed by atoms with Crippen molar-refractivity contribution in [3.05, 3.63) is 23.8 Å². The summed E-state index contributed by atoms with van der Waals surface area (Å²) in [5.41, 5.74) is 2.56. The van der Waals surface area contributed by atoms with Crippen LogP contribution in [0.3, 0.4) is 0 Å². The molecule has 0 bridgehead atoms. The van der Waals surface area contributed by atoms with Crippen LogP contribution in [0.4, 0.5) is 0 Å². The molecule has 0 amide bonds. The topological polar surface area (TPSA) is 20.2 Å². The fourth-order valence-electron chi connectivity index (χ4n) is 2.03. The smallest absolute Gasteiger partial charge is 0.0722 e. The lowest BCUT2D eigenvalue weighted by molar-refractivity contribution is 0.195. The molecule has 0 aromatic heterocycles. The first-order valence-electron chi connectivity index (χ1n) is 4.91. The Bertz CT molecular complexity index is 246. The molecular formula is C12H20O. The molecule has 1 nitrogen and oxygen atoms in total. The molecule has 0 heterocycles. The maximum absolute atomic E-state index is 9.48. The van der Waals surface area contributed by atoms with Crippen LogP contribution in [-0.4, -0.2) is 11.2 Å². The zero-order valence-corrected chi connectivity index (χ0v) is 9.09. The van der Waals surface area contributed by atoms with Gasteiger partial charge in [0.15, 0.2) is 0 Å². The van der Waals surface area contributed by atoms with E-state index in [1.54, 1.807) is 6.92 Å². The van der Waals surface area contributed by atoms with Crippen molar-refractivity contribution < 1.29 is 5.11 Å². The van der Waals surface area contributed by atoms with Gasteiger partial charge in [-0.05, 0) is 37.2 Å². The van der Waals surface area contributed by atoms with Gasteiger partial charge in [-0.25, -0.2) is 0 Å². The molecule has 0 radical (unpaired) electrons. The third-order valence-corrected chi connectivity index (χ3v) is 3.53. The SMILES string of the molecule is C=C(C(C)O)C1CC=C(C)C1(C)C. The van der Waals surface area contributed by atoms with Crippen LogP contribution in [0, 0.1) is 11.3 Å². The van der Waals surface area contributed by atoms with E-state index in [1.165, 1.54) is 5.57 Å². The summed E-state index contributed by atoms with van der Waals surface area (Å²) in [6.07, 6.45) is 2.91. The molecule has 13 heavy (non-hydrogen) atoms. The molecule has 1 N–H and O–H groups in total. The Morgan fingerprint density at radius 3 is 2.54 bits per heavy atom. The van der Waals surface area contributed by atoms with E-state index in [0.717, 1.165) is 12.0 Å². The van der Waals surface area contributed by atoms with Crippen molar-refractivity contribution in [3.8, 4) is 0 Å². The summed E-state index contributed by atoms with van der Waals surface area (Å²) in [6.45, 7) is 12.4. The highest BCUT2D eigenvalue weighted by Crippen LogP contribution is 2.46. The molecule has 2 unspecified atom stereocenters.